The number of rotatable bonds is 9. The molecule has 0 aromatic heterocycles. The average molecular weight is 295 g/mol. The Kier molecular flexibility index (Phi) is 8.40. The van der Waals surface area contributed by atoms with Gasteiger partial charge < -0.3 is 10.1 Å². The predicted molar refractivity (Wildman–Crippen MR) is 58.9 cm³/mol. The van der Waals surface area contributed by atoms with E-state index in [0.29, 0.717) is 6.54 Å². The summed E-state index contributed by atoms with van der Waals surface area (Å²) < 4.78 is 76.0. The first-order valence-corrected chi connectivity index (χ1v) is 6.08. The molecule has 0 bridgehead atoms. The van der Waals surface area contributed by atoms with Gasteiger partial charge >= 0.3 is 12.4 Å². The predicted octanol–water partition coefficient (Wildman–Crippen LogP) is 3.67. The van der Waals surface area contributed by atoms with E-state index in [2.05, 4.69) is 10.1 Å². The van der Waals surface area contributed by atoms with Crippen molar-refractivity contribution >= 4 is 0 Å². The molecule has 1 atom stereocenters. The highest BCUT2D eigenvalue weighted by molar-refractivity contribution is 4.69. The lowest BCUT2D eigenvalue weighted by molar-refractivity contribution is -0.174. The molecule has 0 saturated heterocycles. The van der Waals surface area contributed by atoms with Gasteiger partial charge in [-0.2, -0.15) is 26.3 Å². The molecule has 8 heteroatoms. The zero-order valence-electron chi connectivity index (χ0n) is 10.7. The minimum Gasteiger partial charge on any atom is -0.372 e. The highest BCUT2D eigenvalue weighted by Gasteiger charge is 2.29. The quantitative estimate of drug-likeness (QED) is 0.518. The molecule has 0 radical (unpaired) electrons. The van der Waals surface area contributed by atoms with E-state index >= 15 is 0 Å². The Bertz CT molecular complexity index is 228. The Morgan fingerprint density at radius 2 is 1.63 bits per heavy atom. The lowest BCUT2D eigenvalue weighted by Gasteiger charge is -2.19. The van der Waals surface area contributed by atoms with Gasteiger partial charge in [0.2, 0.25) is 0 Å². The van der Waals surface area contributed by atoms with Gasteiger partial charge in [0, 0.05) is 19.1 Å². The summed E-state index contributed by atoms with van der Waals surface area (Å²) in [6, 6.07) is -0.477. The van der Waals surface area contributed by atoms with Crippen molar-refractivity contribution in [3.63, 3.8) is 0 Å². The molecule has 0 aliphatic rings. The number of ether oxygens (including phenoxy) is 1. The standard InChI is InChI=1S/C11H19F6NO/c1-2-6-18-9(3-5-10(12,13)14)4-7-19-8-11(15,16)17/h9,18H,2-8H2,1H3. The van der Waals surface area contributed by atoms with Crippen molar-refractivity contribution in [2.24, 2.45) is 0 Å². The van der Waals surface area contributed by atoms with E-state index in [1.165, 1.54) is 0 Å². The number of alkyl halides is 6. The van der Waals surface area contributed by atoms with Crippen LogP contribution in [-0.2, 0) is 4.74 Å². The summed E-state index contributed by atoms with van der Waals surface area (Å²) in [4.78, 5) is 0. The monoisotopic (exact) mass is 295 g/mol. The van der Waals surface area contributed by atoms with Crippen molar-refractivity contribution in [3.05, 3.63) is 0 Å². The summed E-state index contributed by atoms with van der Waals surface area (Å²) in [5.74, 6) is 0. The first-order chi connectivity index (χ1) is 8.64. The molecule has 1 N–H and O–H groups in total. The van der Waals surface area contributed by atoms with Crippen LogP contribution in [0, 0.1) is 0 Å². The molecule has 0 amide bonds. The van der Waals surface area contributed by atoms with Crippen LogP contribution in [0.25, 0.3) is 0 Å². The van der Waals surface area contributed by atoms with Crippen LogP contribution in [0.15, 0.2) is 0 Å². The van der Waals surface area contributed by atoms with Crippen LogP contribution in [0.4, 0.5) is 26.3 Å². The molecule has 2 nitrogen and oxygen atoms in total. The van der Waals surface area contributed by atoms with E-state index in [1.807, 2.05) is 6.92 Å². The Labute approximate surface area is 108 Å². The fourth-order valence-electron chi connectivity index (χ4n) is 1.45. The average Bonchev–Trinajstić information content (AvgIpc) is 2.24. The van der Waals surface area contributed by atoms with Crippen LogP contribution >= 0.6 is 0 Å². The largest absolute Gasteiger partial charge is 0.411 e. The summed E-state index contributed by atoms with van der Waals surface area (Å²) in [5, 5.41) is 2.88. The van der Waals surface area contributed by atoms with Crippen LogP contribution in [-0.4, -0.2) is 38.2 Å². The molecule has 0 rings (SSSR count). The molecule has 0 aliphatic carbocycles. The molecular formula is C11H19F6NO. The van der Waals surface area contributed by atoms with Crippen molar-refractivity contribution < 1.29 is 31.1 Å². The molecule has 0 saturated carbocycles. The van der Waals surface area contributed by atoms with Crippen molar-refractivity contribution in [1.29, 1.82) is 0 Å². The fourth-order valence-corrected chi connectivity index (χ4v) is 1.45. The number of hydrogen-bond acceptors (Lipinski definition) is 2. The molecule has 0 fully saturated rings. The third-order valence-electron chi connectivity index (χ3n) is 2.34. The molecular weight excluding hydrogens is 276 g/mol. The molecule has 19 heavy (non-hydrogen) atoms. The third-order valence-corrected chi connectivity index (χ3v) is 2.34. The molecule has 0 heterocycles. The van der Waals surface area contributed by atoms with Crippen molar-refractivity contribution in [2.75, 3.05) is 19.8 Å². The fraction of sp³-hybridized carbons (Fsp3) is 1.00. The summed E-state index contributed by atoms with van der Waals surface area (Å²) in [7, 11) is 0. The van der Waals surface area contributed by atoms with Gasteiger partial charge in [0.1, 0.15) is 6.61 Å². The van der Waals surface area contributed by atoms with Crippen molar-refractivity contribution in [1.82, 2.24) is 5.32 Å². The maximum absolute atomic E-state index is 12.1. The first kappa shape index (κ1) is 18.5. The highest BCUT2D eigenvalue weighted by Crippen LogP contribution is 2.23. The van der Waals surface area contributed by atoms with E-state index in [1.54, 1.807) is 0 Å². The Hall–Kier alpha value is -0.500. The topological polar surface area (TPSA) is 21.3 Å². The zero-order valence-corrected chi connectivity index (χ0v) is 10.7. The highest BCUT2D eigenvalue weighted by atomic mass is 19.4. The molecule has 0 aliphatic heterocycles. The van der Waals surface area contributed by atoms with Gasteiger partial charge in [0.15, 0.2) is 0 Å². The van der Waals surface area contributed by atoms with Crippen LogP contribution in [0.3, 0.4) is 0 Å². The summed E-state index contributed by atoms with van der Waals surface area (Å²) in [5.41, 5.74) is 0. The Morgan fingerprint density at radius 1 is 1.00 bits per heavy atom. The number of hydrogen-bond donors (Lipinski definition) is 1. The lowest BCUT2D eigenvalue weighted by Crippen LogP contribution is -2.32. The Balaban J connectivity index is 3.92. The smallest absolute Gasteiger partial charge is 0.372 e. The summed E-state index contributed by atoms with van der Waals surface area (Å²) >= 11 is 0. The normalized spacial score (nSPS) is 14.7. The van der Waals surface area contributed by atoms with Crippen LogP contribution < -0.4 is 5.32 Å². The molecule has 1 unspecified atom stereocenters. The lowest BCUT2D eigenvalue weighted by atomic mass is 10.1. The number of halogens is 6. The minimum absolute atomic E-state index is 0.131. The third kappa shape index (κ3) is 13.7. The van der Waals surface area contributed by atoms with Gasteiger partial charge in [-0.1, -0.05) is 6.92 Å². The molecule has 0 aromatic rings. The minimum atomic E-state index is -4.40. The Morgan fingerprint density at radius 3 is 2.11 bits per heavy atom. The summed E-state index contributed by atoms with van der Waals surface area (Å²) in [6.07, 6.45) is -8.89. The van der Waals surface area contributed by atoms with Gasteiger partial charge in [0.05, 0.1) is 0 Å². The van der Waals surface area contributed by atoms with E-state index < -0.39 is 31.4 Å². The SMILES string of the molecule is CCCNC(CCOCC(F)(F)F)CCC(F)(F)F. The van der Waals surface area contributed by atoms with E-state index in [-0.39, 0.29) is 19.4 Å². The second-order valence-electron chi connectivity index (χ2n) is 4.26. The molecule has 0 aromatic carbocycles. The second kappa shape index (κ2) is 8.63. The van der Waals surface area contributed by atoms with Gasteiger partial charge in [-0.25, -0.2) is 0 Å². The first-order valence-electron chi connectivity index (χ1n) is 6.08. The molecule has 0 spiro atoms. The van der Waals surface area contributed by atoms with Crippen molar-refractivity contribution in [2.45, 2.75) is 51.0 Å². The summed E-state index contributed by atoms with van der Waals surface area (Å²) in [6.45, 7) is 0.807. The van der Waals surface area contributed by atoms with E-state index in [9.17, 15) is 26.3 Å². The van der Waals surface area contributed by atoms with Gasteiger partial charge in [-0.15, -0.1) is 0 Å². The van der Waals surface area contributed by atoms with Crippen molar-refractivity contribution in [3.8, 4) is 0 Å². The second-order valence-corrected chi connectivity index (χ2v) is 4.26. The van der Waals surface area contributed by atoms with E-state index in [4.69, 9.17) is 0 Å². The number of nitrogens with one attached hydrogen (secondary N) is 1. The van der Waals surface area contributed by atoms with Crippen LogP contribution in [0.2, 0.25) is 0 Å². The van der Waals surface area contributed by atoms with Crippen LogP contribution in [0.5, 0.6) is 0 Å². The maximum atomic E-state index is 12.1. The molecule has 116 valence electrons. The van der Waals surface area contributed by atoms with Gasteiger partial charge in [-0.3, -0.25) is 0 Å². The van der Waals surface area contributed by atoms with Crippen LogP contribution in [0.1, 0.15) is 32.6 Å². The zero-order chi connectivity index (χ0) is 14.9. The van der Waals surface area contributed by atoms with E-state index in [0.717, 1.165) is 6.42 Å². The van der Waals surface area contributed by atoms with Gasteiger partial charge in [0.25, 0.3) is 0 Å². The van der Waals surface area contributed by atoms with Gasteiger partial charge in [-0.05, 0) is 25.8 Å². The maximum Gasteiger partial charge on any atom is 0.411 e.